The maximum absolute atomic E-state index is 10.5. The van der Waals surface area contributed by atoms with Gasteiger partial charge in [-0.25, -0.2) is 0 Å². The number of hydrogen-bond acceptors (Lipinski definition) is 9. The Bertz CT molecular complexity index is 768. The summed E-state index contributed by atoms with van der Waals surface area (Å²) in [5, 5.41) is 33.4. The zero-order valence-corrected chi connectivity index (χ0v) is 18.0. The van der Waals surface area contributed by atoms with E-state index in [0.29, 0.717) is 12.6 Å². The molecule has 1 N–H and O–H groups in total. The molecule has 172 valence electrons. The van der Waals surface area contributed by atoms with Crippen LogP contribution >= 0.6 is 0 Å². The van der Waals surface area contributed by atoms with E-state index in [1.165, 1.54) is 24.7 Å². The molecule has 2 saturated heterocycles. The van der Waals surface area contributed by atoms with Crippen LogP contribution in [-0.2, 0) is 0 Å². The number of aliphatic hydroxyl groups is 1. The molecule has 12 nitrogen and oxygen atoms in total. The van der Waals surface area contributed by atoms with Gasteiger partial charge in [-0.15, -0.1) is 0 Å². The van der Waals surface area contributed by atoms with E-state index in [9.17, 15) is 20.2 Å². The van der Waals surface area contributed by atoms with E-state index in [1.54, 1.807) is 4.68 Å². The van der Waals surface area contributed by atoms with Crippen LogP contribution in [0.2, 0.25) is 0 Å². The summed E-state index contributed by atoms with van der Waals surface area (Å²) in [6.07, 6.45) is 9.48. The third kappa shape index (κ3) is 8.52. The van der Waals surface area contributed by atoms with Crippen LogP contribution in [0.4, 0.5) is 5.69 Å². The van der Waals surface area contributed by atoms with E-state index in [0.717, 1.165) is 51.9 Å². The fourth-order valence-corrected chi connectivity index (χ4v) is 3.34. The van der Waals surface area contributed by atoms with Gasteiger partial charge in [-0.05, 0) is 52.9 Å². The molecule has 0 bridgehead atoms. The average molecular weight is 438 g/mol. The highest BCUT2D eigenvalue weighted by Gasteiger charge is 2.20. The number of likely N-dealkylation sites (tertiary alicyclic amines) is 2. The summed E-state index contributed by atoms with van der Waals surface area (Å²) in [7, 11) is 4.17. The first-order chi connectivity index (χ1) is 14.8. The van der Waals surface area contributed by atoms with Crippen LogP contribution in [0, 0.1) is 20.2 Å². The third-order valence-electron chi connectivity index (χ3n) is 5.39. The fraction of sp³-hybridized carbons (Fsp3) is 0.684. The molecule has 0 amide bonds. The molecule has 3 aliphatic rings. The van der Waals surface area contributed by atoms with Crippen LogP contribution < -0.4 is 0 Å². The Morgan fingerprint density at radius 2 is 1.58 bits per heavy atom. The molecule has 1 aromatic rings. The first-order valence-corrected chi connectivity index (χ1v) is 10.3. The second-order valence-electron chi connectivity index (χ2n) is 7.88. The van der Waals surface area contributed by atoms with Crippen LogP contribution in [0.25, 0.3) is 0 Å². The van der Waals surface area contributed by atoms with Crippen LogP contribution in [0.1, 0.15) is 31.7 Å². The van der Waals surface area contributed by atoms with Gasteiger partial charge in [-0.1, -0.05) is 0 Å². The molecule has 0 unspecified atom stereocenters. The Hall–Kier alpha value is -2.70. The minimum Gasteiger partial charge on any atom is -0.393 e. The summed E-state index contributed by atoms with van der Waals surface area (Å²) in [4.78, 5) is 27.6. The SMILES string of the molecule is CN1CCC(O)CC1.CN1CCC(n2cc([N+](=O)[O-])cn2)CC1.O=[N+]([O-])C1=CCN=C1. The number of nitrogens with zero attached hydrogens (tertiary/aromatic N) is 7. The Morgan fingerprint density at radius 3 is 1.97 bits per heavy atom. The van der Waals surface area contributed by atoms with Crippen molar-refractivity contribution in [3.63, 3.8) is 0 Å². The van der Waals surface area contributed by atoms with E-state index < -0.39 is 9.85 Å². The van der Waals surface area contributed by atoms with Gasteiger partial charge in [0, 0.05) is 19.2 Å². The topological polar surface area (TPSA) is 143 Å². The number of piperidine rings is 2. The molecule has 0 radical (unpaired) electrons. The molecule has 12 heteroatoms. The Morgan fingerprint density at radius 1 is 1.00 bits per heavy atom. The summed E-state index contributed by atoms with van der Waals surface area (Å²) >= 11 is 0. The van der Waals surface area contributed by atoms with Gasteiger partial charge < -0.3 is 14.9 Å². The Kier molecular flexibility index (Phi) is 9.69. The van der Waals surface area contributed by atoms with Crippen molar-refractivity contribution in [3.05, 3.63) is 44.4 Å². The van der Waals surface area contributed by atoms with Crippen LogP contribution in [-0.4, -0.2) is 93.7 Å². The van der Waals surface area contributed by atoms with Crippen molar-refractivity contribution in [3.8, 4) is 0 Å². The van der Waals surface area contributed by atoms with Crippen molar-refractivity contribution >= 4 is 11.9 Å². The first kappa shape index (κ1) is 24.6. The second-order valence-corrected chi connectivity index (χ2v) is 7.88. The molecule has 0 saturated carbocycles. The monoisotopic (exact) mass is 437 g/mol. The fourth-order valence-electron chi connectivity index (χ4n) is 3.34. The number of allylic oxidation sites excluding steroid dienone is 1. The van der Waals surface area contributed by atoms with Crippen LogP contribution in [0.15, 0.2) is 29.2 Å². The minimum atomic E-state index is -0.448. The molecule has 0 atom stereocenters. The molecule has 4 heterocycles. The maximum atomic E-state index is 10.5. The number of hydrogen-bond donors (Lipinski definition) is 1. The molecule has 0 spiro atoms. The highest BCUT2D eigenvalue weighted by atomic mass is 16.6. The molecular formula is C19H31N7O5. The largest absolute Gasteiger partial charge is 0.393 e. The van der Waals surface area contributed by atoms with Crippen molar-refractivity contribution in [2.24, 2.45) is 4.99 Å². The van der Waals surface area contributed by atoms with E-state index in [1.807, 2.05) is 0 Å². The molecule has 0 aromatic carbocycles. The van der Waals surface area contributed by atoms with E-state index >= 15 is 0 Å². The summed E-state index contributed by atoms with van der Waals surface area (Å²) in [5.74, 6) is 0. The van der Waals surface area contributed by atoms with Gasteiger partial charge in [0.15, 0.2) is 0 Å². The van der Waals surface area contributed by atoms with E-state index in [2.05, 4.69) is 34.0 Å². The summed E-state index contributed by atoms with van der Waals surface area (Å²) < 4.78 is 1.73. The first-order valence-electron chi connectivity index (χ1n) is 10.3. The standard InChI is InChI=1S/C9H14N4O2.C6H13NO.C4H4N2O2/c1-11-4-2-8(3-5-11)12-7-9(6-10-12)13(14)15;1-7-4-2-6(8)3-5-7;7-6(8)4-1-2-5-3-4/h6-8H,2-5H2,1H3;6,8H,2-5H2,1H3;1,3H,2H2. The Balaban J connectivity index is 0.000000181. The number of aromatic nitrogens is 2. The normalized spacial score (nSPS) is 20.3. The lowest BCUT2D eigenvalue weighted by molar-refractivity contribution is -0.414. The lowest BCUT2D eigenvalue weighted by Gasteiger charge is -2.28. The van der Waals surface area contributed by atoms with Gasteiger partial charge >= 0.3 is 5.69 Å². The van der Waals surface area contributed by atoms with Crippen LogP contribution in [0.3, 0.4) is 0 Å². The average Bonchev–Trinajstić information content (AvgIpc) is 3.44. The predicted molar refractivity (Wildman–Crippen MR) is 116 cm³/mol. The molecule has 4 rings (SSSR count). The second kappa shape index (κ2) is 12.2. The highest BCUT2D eigenvalue weighted by Crippen LogP contribution is 2.22. The molecule has 31 heavy (non-hydrogen) atoms. The lowest BCUT2D eigenvalue weighted by atomic mass is 10.1. The van der Waals surface area contributed by atoms with E-state index in [4.69, 9.17) is 5.11 Å². The number of rotatable bonds is 3. The van der Waals surface area contributed by atoms with Gasteiger partial charge in [-0.2, -0.15) is 5.10 Å². The lowest BCUT2D eigenvalue weighted by Crippen LogP contribution is -2.32. The molecule has 0 aliphatic carbocycles. The number of aliphatic hydroxyl groups excluding tert-OH is 1. The molecule has 1 aromatic heterocycles. The molecule has 3 aliphatic heterocycles. The zero-order valence-electron chi connectivity index (χ0n) is 18.0. The van der Waals surface area contributed by atoms with Gasteiger partial charge in [0.05, 0.1) is 34.8 Å². The summed E-state index contributed by atoms with van der Waals surface area (Å²) in [6, 6.07) is 0.315. The van der Waals surface area contributed by atoms with Gasteiger partial charge in [0.25, 0.3) is 5.70 Å². The predicted octanol–water partition coefficient (Wildman–Crippen LogP) is 1.36. The van der Waals surface area contributed by atoms with Gasteiger partial charge in [-0.3, -0.25) is 29.9 Å². The summed E-state index contributed by atoms with van der Waals surface area (Å²) in [6.45, 7) is 4.62. The maximum Gasteiger partial charge on any atom is 0.307 e. The zero-order chi connectivity index (χ0) is 22.8. The quantitative estimate of drug-likeness (QED) is 0.551. The van der Waals surface area contributed by atoms with Crippen molar-refractivity contribution in [2.45, 2.75) is 37.8 Å². The number of aliphatic imine (C=N–C) groups is 1. The highest BCUT2D eigenvalue weighted by molar-refractivity contribution is 5.77. The van der Waals surface area contributed by atoms with Crippen molar-refractivity contribution in [1.29, 1.82) is 0 Å². The number of nitro groups is 2. The third-order valence-corrected chi connectivity index (χ3v) is 5.39. The van der Waals surface area contributed by atoms with Crippen molar-refractivity contribution in [1.82, 2.24) is 19.6 Å². The van der Waals surface area contributed by atoms with Crippen molar-refractivity contribution in [2.75, 3.05) is 46.8 Å². The minimum absolute atomic E-state index is 0.0220. The molecular weight excluding hydrogens is 406 g/mol. The van der Waals surface area contributed by atoms with Gasteiger partial charge in [0.1, 0.15) is 12.4 Å². The Labute approximate surface area is 181 Å². The van der Waals surface area contributed by atoms with Crippen LogP contribution in [0.5, 0.6) is 0 Å². The van der Waals surface area contributed by atoms with E-state index in [-0.39, 0.29) is 17.5 Å². The van der Waals surface area contributed by atoms with Gasteiger partial charge in [0.2, 0.25) is 0 Å². The van der Waals surface area contributed by atoms with Crippen molar-refractivity contribution < 1.29 is 15.0 Å². The smallest absolute Gasteiger partial charge is 0.307 e. The summed E-state index contributed by atoms with van der Waals surface area (Å²) in [5.41, 5.74) is 0.180. The molecule has 2 fully saturated rings.